The number of carbonyl (C=O) groups excluding carboxylic acids is 1. The molecule has 0 atom stereocenters. The third-order valence-electron chi connectivity index (χ3n) is 5.26. The summed E-state index contributed by atoms with van der Waals surface area (Å²) in [5, 5.41) is 4.57. The molecule has 1 saturated carbocycles. The van der Waals surface area contributed by atoms with Crippen LogP contribution in [0.25, 0.3) is 22.2 Å². The van der Waals surface area contributed by atoms with Gasteiger partial charge in [-0.25, -0.2) is 4.98 Å². The number of rotatable bonds is 3. The summed E-state index contributed by atoms with van der Waals surface area (Å²) in [5.41, 5.74) is 5.59. The maximum absolute atomic E-state index is 11.9. The van der Waals surface area contributed by atoms with Gasteiger partial charge in [0.15, 0.2) is 6.29 Å². The second-order valence-corrected chi connectivity index (χ2v) is 7.85. The normalized spacial score (nSPS) is 16.4. The topological polar surface area (TPSA) is 46.9 Å². The second-order valence-electron chi connectivity index (χ2n) is 7.01. The van der Waals surface area contributed by atoms with E-state index in [1.807, 2.05) is 18.2 Å². The third-order valence-corrected chi connectivity index (χ3v) is 5.81. The average molecular weight is 386 g/mol. The highest BCUT2D eigenvalue weighted by Crippen LogP contribution is 2.49. The summed E-state index contributed by atoms with van der Waals surface area (Å²) in [6, 6.07) is 7.62. The van der Waals surface area contributed by atoms with Gasteiger partial charge in [0.25, 0.3) is 0 Å². The van der Waals surface area contributed by atoms with Gasteiger partial charge in [-0.2, -0.15) is 0 Å². The maximum Gasteiger partial charge on any atom is 0.203 e. The van der Waals surface area contributed by atoms with Crippen LogP contribution in [0.3, 0.4) is 0 Å². The molecule has 0 bridgehead atoms. The Labute approximate surface area is 161 Å². The van der Waals surface area contributed by atoms with Crippen LogP contribution in [-0.4, -0.2) is 22.4 Å². The van der Waals surface area contributed by atoms with Crippen LogP contribution in [0.2, 0.25) is 10.0 Å². The summed E-state index contributed by atoms with van der Waals surface area (Å²) in [6.45, 7) is 1.75. The number of nitrogens with zero attached hydrogens (tertiary/aromatic N) is 2. The van der Waals surface area contributed by atoms with Crippen molar-refractivity contribution in [2.24, 2.45) is 0 Å². The number of hydrogen-bond donors (Lipinski definition) is 1. The first-order valence-electron chi connectivity index (χ1n) is 8.89. The number of fused-ring (bicyclic) bond motifs is 3. The fourth-order valence-electron chi connectivity index (χ4n) is 3.94. The number of imidazole rings is 1. The number of benzene rings is 2. The first kappa shape index (κ1) is 16.2. The Morgan fingerprint density at radius 3 is 2.81 bits per heavy atom. The van der Waals surface area contributed by atoms with Crippen LogP contribution in [-0.2, 0) is 6.54 Å². The van der Waals surface area contributed by atoms with E-state index in [9.17, 15) is 4.79 Å². The first-order chi connectivity index (χ1) is 12.7. The molecule has 1 N–H and O–H groups in total. The van der Waals surface area contributed by atoms with Gasteiger partial charge in [-0.15, -0.1) is 0 Å². The number of aldehydes is 1. The van der Waals surface area contributed by atoms with E-state index in [2.05, 4.69) is 9.88 Å². The maximum atomic E-state index is 11.9. The fraction of sp³-hybridized carbons (Fsp3) is 0.300. The molecule has 0 saturated heterocycles. The molecule has 26 heavy (non-hydrogen) atoms. The van der Waals surface area contributed by atoms with Crippen LogP contribution in [0.4, 0.5) is 5.95 Å². The minimum Gasteiger partial charge on any atom is -0.356 e. The number of aromatic nitrogens is 2. The summed E-state index contributed by atoms with van der Waals surface area (Å²) < 4.78 is 2.12. The predicted molar refractivity (Wildman–Crippen MR) is 106 cm³/mol. The molecule has 3 aromatic rings. The van der Waals surface area contributed by atoms with Crippen molar-refractivity contribution in [1.82, 2.24) is 9.55 Å². The van der Waals surface area contributed by atoms with Gasteiger partial charge in [0.1, 0.15) is 0 Å². The van der Waals surface area contributed by atoms with Gasteiger partial charge in [0.05, 0.1) is 11.0 Å². The van der Waals surface area contributed by atoms with Crippen LogP contribution >= 0.6 is 23.2 Å². The van der Waals surface area contributed by atoms with Crippen molar-refractivity contribution < 1.29 is 4.79 Å². The zero-order valence-corrected chi connectivity index (χ0v) is 15.6. The van der Waals surface area contributed by atoms with E-state index in [0.29, 0.717) is 21.5 Å². The summed E-state index contributed by atoms with van der Waals surface area (Å²) >= 11 is 12.7. The molecule has 6 heteroatoms. The second kappa shape index (κ2) is 6.00. The lowest BCUT2D eigenvalue weighted by Crippen LogP contribution is -2.17. The molecule has 0 spiro atoms. The van der Waals surface area contributed by atoms with E-state index < -0.39 is 0 Å². The van der Waals surface area contributed by atoms with Gasteiger partial charge in [0.2, 0.25) is 5.95 Å². The Morgan fingerprint density at radius 1 is 1.23 bits per heavy atom. The quantitative estimate of drug-likeness (QED) is 0.604. The molecule has 2 aliphatic rings. The zero-order chi connectivity index (χ0) is 17.8. The molecule has 1 fully saturated rings. The van der Waals surface area contributed by atoms with Crippen molar-refractivity contribution in [3.8, 4) is 11.1 Å². The first-order valence-corrected chi connectivity index (χ1v) is 9.64. The Bertz CT molecular complexity index is 1050. The van der Waals surface area contributed by atoms with Crippen molar-refractivity contribution >= 4 is 46.5 Å². The number of carbonyl (C=O) groups is 1. The highest BCUT2D eigenvalue weighted by Gasteiger charge is 2.31. The van der Waals surface area contributed by atoms with Crippen LogP contribution in [0.1, 0.15) is 41.1 Å². The van der Waals surface area contributed by atoms with Crippen LogP contribution < -0.4 is 5.32 Å². The summed E-state index contributed by atoms with van der Waals surface area (Å²) in [4.78, 5) is 16.7. The average Bonchev–Trinajstić information content (AvgIpc) is 3.41. The molecule has 0 radical (unpaired) electrons. The van der Waals surface area contributed by atoms with Crippen LogP contribution in [0.5, 0.6) is 0 Å². The van der Waals surface area contributed by atoms with E-state index in [1.54, 1.807) is 6.07 Å². The highest BCUT2D eigenvalue weighted by molar-refractivity contribution is 6.36. The molecule has 5 rings (SSSR count). The van der Waals surface area contributed by atoms with Gasteiger partial charge < -0.3 is 9.88 Å². The minimum absolute atomic E-state index is 0.464. The van der Waals surface area contributed by atoms with Gasteiger partial charge in [-0.3, -0.25) is 4.79 Å². The SMILES string of the molecule is O=Cc1cc(C2CC2)c(-c2ccc(Cl)cc2Cl)c2nc3n(c12)CCCN3. The third kappa shape index (κ3) is 2.43. The van der Waals surface area contributed by atoms with Crippen molar-refractivity contribution in [3.05, 3.63) is 45.4 Å². The van der Waals surface area contributed by atoms with Gasteiger partial charge in [-0.1, -0.05) is 29.3 Å². The van der Waals surface area contributed by atoms with Crippen LogP contribution in [0, 0.1) is 0 Å². The Balaban J connectivity index is 1.90. The summed E-state index contributed by atoms with van der Waals surface area (Å²) in [5.74, 6) is 1.29. The lowest BCUT2D eigenvalue weighted by Gasteiger charge is -2.17. The van der Waals surface area contributed by atoms with E-state index in [-0.39, 0.29) is 0 Å². The number of anilines is 1. The molecule has 2 aromatic carbocycles. The van der Waals surface area contributed by atoms with Crippen molar-refractivity contribution in [3.63, 3.8) is 0 Å². The lowest BCUT2D eigenvalue weighted by atomic mass is 9.93. The number of halogens is 2. The van der Waals surface area contributed by atoms with Gasteiger partial charge in [0, 0.05) is 39.8 Å². The molecule has 1 aromatic heterocycles. The summed E-state index contributed by atoms with van der Waals surface area (Å²) in [6.07, 6.45) is 4.23. The van der Waals surface area contributed by atoms with E-state index in [4.69, 9.17) is 28.2 Å². The Hall–Kier alpha value is -2.04. The largest absolute Gasteiger partial charge is 0.356 e. The molecule has 0 unspecified atom stereocenters. The number of aryl methyl sites for hydroxylation is 1. The Morgan fingerprint density at radius 2 is 2.08 bits per heavy atom. The monoisotopic (exact) mass is 385 g/mol. The van der Waals surface area contributed by atoms with Crippen molar-refractivity contribution in [2.75, 3.05) is 11.9 Å². The van der Waals surface area contributed by atoms with E-state index in [1.165, 1.54) is 5.56 Å². The molecular weight excluding hydrogens is 369 g/mol. The molecule has 2 heterocycles. The molecule has 1 aliphatic carbocycles. The Kier molecular flexibility index (Phi) is 3.73. The molecule has 132 valence electrons. The van der Waals surface area contributed by atoms with Gasteiger partial charge in [-0.05, 0) is 48.9 Å². The van der Waals surface area contributed by atoms with E-state index in [0.717, 1.165) is 66.7 Å². The van der Waals surface area contributed by atoms with Crippen LogP contribution in [0.15, 0.2) is 24.3 Å². The van der Waals surface area contributed by atoms with Crippen molar-refractivity contribution in [2.45, 2.75) is 31.7 Å². The number of hydrogen-bond acceptors (Lipinski definition) is 3. The standard InChI is InChI=1S/C20H17Cl2N3O/c21-13-4-5-14(16(22)9-13)17-15(11-2-3-11)8-12(10-26)19-18(17)24-20-23-6-1-7-25(19)20/h4-5,8-11H,1-3,6-7H2,(H,23,24). The fourth-order valence-corrected chi connectivity index (χ4v) is 4.44. The lowest BCUT2D eigenvalue weighted by molar-refractivity contribution is 0.112. The molecule has 0 amide bonds. The number of nitrogens with one attached hydrogen (secondary N) is 1. The molecule has 1 aliphatic heterocycles. The highest BCUT2D eigenvalue weighted by atomic mass is 35.5. The van der Waals surface area contributed by atoms with Gasteiger partial charge >= 0.3 is 0 Å². The molecular formula is C20H17Cl2N3O. The smallest absolute Gasteiger partial charge is 0.203 e. The predicted octanol–water partition coefficient (Wildman–Crippen LogP) is 5.52. The van der Waals surface area contributed by atoms with E-state index >= 15 is 0 Å². The van der Waals surface area contributed by atoms with Crippen molar-refractivity contribution in [1.29, 1.82) is 0 Å². The summed E-state index contributed by atoms with van der Waals surface area (Å²) in [7, 11) is 0. The zero-order valence-electron chi connectivity index (χ0n) is 14.1. The molecule has 4 nitrogen and oxygen atoms in total. The minimum atomic E-state index is 0.464.